The van der Waals surface area contributed by atoms with Crippen LogP contribution in [0.3, 0.4) is 0 Å². The van der Waals surface area contributed by atoms with Gasteiger partial charge in [-0.1, -0.05) is 52.7 Å². The Morgan fingerprint density at radius 3 is 2.68 bits per heavy atom. The van der Waals surface area contributed by atoms with Gasteiger partial charge < -0.3 is 0 Å². The molecule has 0 radical (unpaired) electrons. The van der Waals surface area contributed by atoms with Crippen molar-refractivity contribution in [3.05, 3.63) is 87.7 Å². The van der Waals surface area contributed by atoms with Crippen LogP contribution in [0.1, 0.15) is 21.6 Å². The summed E-state index contributed by atoms with van der Waals surface area (Å²) < 4.78 is 1.02. The van der Waals surface area contributed by atoms with Crippen molar-refractivity contribution in [1.29, 1.82) is 0 Å². The average molecular weight is 428 g/mol. The van der Waals surface area contributed by atoms with E-state index < -0.39 is 0 Å². The van der Waals surface area contributed by atoms with Crippen LogP contribution in [0.4, 0.5) is 5.13 Å². The van der Waals surface area contributed by atoms with Crippen LogP contribution in [-0.4, -0.2) is 15.9 Å². The number of rotatable bonds is 4. The number of fused-ring (bicyclic) bond motifs is 1. The molecule has 0 saturated carbocycles. The van der Waals surface area contributed by atoms with Gasteiger partial charge in [0, 0.05) is 11.2 Å². The van der Waals surface area contributed by atoms with E-state index in [4.69, 9.17) is 28.2 Å². The Labute approximate surface area is 176 Å². The Kier molecular flexibility index (Phi) is 5.31. The van der Waals surface area contributed by atoms with Crippen molar-refractivity contribution in [2.75, 3.05) is 4.90 Å². The first-order valence-corrected chi connectivity index (χ1v) is 10.1. The smallest absolute Gasteiger partial charge is 0.261 e. The molecule has 2 aromatic carbocycles. The Morgan fingerprint density at radius 2 is 1.96 bits per heavy atom. The lowest BCUT2D eigenvalue weighted by atomic mass is 10.2. The van der Waals surface area contributed by atoms with Gasteiger partial charge in [-0.15, -0.1) is 0 Å². The number of carbonyl (C=O) groups excluding carboxylic acids is 1. The van der Waals surface area contributed by atoms with E-state index in [1.54, 1.807) is 29.3 Å². The topological polar surface area (TPSA) is 46.1 Å². The second-order valence-corrected chi connectivity index (χ2v) is 8.11. The van der Waals surface area contributed by atoms with E-state index in [1.165, 1.54) is 11.3 Å². The van der Waals surface area contributed by atoms with Crippen molar-refractivity contribution in [2.45, 2.75) is 13.5 Å². The predicted molar refractivity (Wildman–Crippen MR) is 116 cm³/mol. The standard InChI is InChI=1S/C21H15Cl2N3OS/c1-13-5-4-7-18-19(13)25-21(28-18)26(12-15-6-2-3-10-24-15)20(27)16-9-8-14(22)11-17(16)23/h2-11H,12H2,1H3. The quantitative estimate of drug-likeness (QED) is 0.392. The van der Waals surface area contributed by atoms with E-state index in [2.05, 4.69) is 4.98 Å². The molecule has 0 spiro atoms. The molecule has 0 N–H and O–H groups in total. The van der Waals surface area contributed by atoms with Crippen molar-refractivity contribution in [3.8, 4) is 0 Å². The number of anilines is 1. The van der Waals surface area contributed by atoms with Crippen LogP contribution in [0.25, 0.3) is 10.2 Å². The third-order valence-electron chi connectivity index (χ3n) is 4.29. The van der Waals surface area contributed by atoms with Gasteiger partial charge in [0.2, 0.25) is 0 Å². The molecule has 28 heavy (non-hydrogen) atoms. The molecule has 0 saturated heterocycles. The van der Waals surface area contributed by atoms with Crippen LogP contribution in [-0.2, 0) is 6.54 Å². The number of pyridine rings is 1. The Hall–Kier alpha value is -2.47. The molecule has 0 unspecified atom stereocenters. The maximum Gasteiger partial charge on any atom is 0.261 e. The summed E-state index contributed by atoms with van der Waals surface area (Å²) in [6.07, 6.45) is 1.70. The van der Waals surface area contributed by atoms with Gasteiger partial charge in [-0.25, -0.2) is 4.98 Å². The molecular weight excluding hydrogens is 413 g/mol. The number of carbonyl (C=O) groups is 1. The van der Waals surface area contributed by atoms with Crippen molar-refractivity contribution in [3.63, 3.8) is 0 Å². The highest BCUT2D eigenvalue weighted by Crippen LogP contribution is 2.33. The number of thiazole rings is 1. The first-order chi connectivity index (χ1) is 13.5. The summed E-state index contributed by atoms with van der Waals surface area (Å²) in [5.74, 6) is -0.246. The maximum atomic E-state index is 13.4. The van der Waals surface area contributed by atoms with E-state index >= 15 is 0 Å². The summed E-state index contributed by atoms with van der Waals surface area (Å²) in [6, 6.07) is 16.5. The number of para-hydroxylation sites is 1. The molecule has 140 valence electrons. The fourth-order valence-electron chi connectivity index (χ4n) is 2.88. The monoisotopic (exact) mass is 427 g/mol. The minimum atomic E-state index is -0.246. The van der Waals surface area contributed by atoms with Gasteiger partial charge in [0.1, 0.15) is 0 Å². The Morgan fingerprint density at radius 1 is 1.11 bits per heavy atom. The lowest BCUT2D eigenvalue weighted by Gasteiger charge is -2.20. The van der Waals surface area contributed by atoms with E-state index in [0.29, 0.717) is 20.7 Å². The number of amides is 1. The fourth-order valence-corrected chi connectivity index (χ4v) is 4.41. The van der Waals surface area contributed by atoms with E-state index in [1.807, 2.05) is 43.3 Å². The predicted octanol–water partition coefficient (Wildman–Crippen LogP) is 6.15. The molecule has 4 nitrogen and oxygen atoms in total. The first kappa shape index (κ1) is 18.9. The molecular formula is C21H15Cl2N3OS. The molecule has 4 aromatic rings. The van der Waals surface area contributed by atoms with E-state index in [0.717, 1.165) is 21.5 Å². The number of benzene rings is 2. The van der Waals surface area contributed by atoms with Crippen LogP contribution in [0, 0.1) is 6.92 Å². The minimum absolute atomic E-state index is 0.246. The minimum Gasteiger partial charge on any atom is -0.278 e. The highest BCUT2D eigenvalue weighted by molar-refractivity contribution is 7.22. The van der Waals surface area contributed by atoms with Crippen molar-refractivity contribution >= 4 is 55.8 Å². The molecule has 7 heteroatoms. The molecule has 2 aromatic heterocycles. The molecule has 0 fully saturated rings. The van der Waals surface area contributed by atoms with E-state index in [-0.39, 0.29) is 12.5 Å². The Balaban J connectivity index is 1.80. The van der Waals surface area contributed by atoms with Crippen molar-refractivity contribution in [2.24, 2.45) is 0 Å². The molecule has 0 atom stereocenters. The van der Waals surface area contributed by atoms with Crippen LogP contribution in [0.2, 0.25) is 10.0 Å². The summed E-state index contributed by atoms with van der Waals surface area (Å²) in [5, 5.41) is 1.39. The number of nitrogens with zero attached hydrogens (tertiary/aromatic N) is 3. The lowest BCUT2D eigenvalue weighted by Crippen LogP contribution is -2.31. The zero-order valence-electron chi connectivity index (χ0n) is 14.9. The van der Waals surface area contributed by atoms with Gasteiger partial charge in [0.05, 0.1) is 33.0 Å². The maximum absolute atomic E-state index is 13.4. The number of halogens is 2. The molecule has 2 heterocycles. The summed E-state index contributed by atoms with van der Waals surface area (Å²) in [6.45, 7) is 2.30. The third-order valence-corrected chi connectivity index (χ3v) is 5.88. The third kappa shape index (κ3) is 3.74. The average Bonchev–Trinajstić information content (AvgIpc) is 3.12. The normalized spacial score (nSPS) is 11.0. The van der Waals surface area contributed by atoms with Crippen molar-refractivity contribution < 1.29 is 4.79 Å². The molecule has 1 amide bonds. The molecule has 4 rings (SSSR count). The molecule has 0 aliphatic carbocycles. The van der Waals surface area contributed by atoms with Gasteiger partial charge in [-0.3, -0.25) is 14.7 Å². The SMILES string of the molecule is Cc1cccc2sc(N(Cc3ccccn3)C(=O)c3ccc(Cl)cc3Cl)nc12. The summed E-state index contributed by atoms with van der Waals surface area (Å²) in [5.41, 5.74) is 3.09. The zero-order valence-corrected chi connectivity index (χ0v) is 17.2. The molecule has 0 aliphatic rings. The second kappa shape index (κ2) is 7.87. The van der Waals surface area contributed by atoms with Crippen LogP contribution in [0.15, 0.2) is 60.8 Å². The van der Waals surface area contributed by atoms with Gasteiger partial charge in [-0.05, 0) is 48.9 Å². The van der Waals surface area contributed by atoms with E-state index in [9.17, 15) is 4.79 Å². The van der Waals surface area contributed by atoms with Gasteiger partial charge in [-0.2, -0.15) is 0 Å². The van der Waals surface area contributed by atoms with Crippen LogP contribution < -0.4 is 4.90 Å². The largest absolute Gasteiger partial charge is 0.278 e. The number of aryl methyl sites for hydroxylation is 1. The molecule has 0 bridgehead atoms. The summed E-state index contributed by atoms with van der Waals surface area (Å²) in [7, 11) is 0. The number of aromatic nitrogens is 2. The zero-order chi connectivity index (χ0) is 19.7. The van der Waals surface area contributed by atoms with Gasteiger partial charge in [0.15, 0.2) is 5.13 Å². The van der Waals surface area contributed by atoms with Gasteiger partial charge in [0.25, 0.3) is 5.91 Å². The van der Waals surface area contributed by atoms with Gasteiger partial charge >= 0.3 is 0 Å². The summed E-state index contributed by atoms with van der Waals surface area (Å²) >= 11 is 13.8. The first-order valence-electron chi connectivity index (χ1n) is 8.56. The Bertz CT molecular complexity index is 1160. The fraction of sp³-hybridized carbons (Fsp3) is 0.0952. The molecule has 0 aliphatic heterocycles. The number of hydrogen-bond acceptors (Lipinski definition) is 4. The van der Waals surface area contributed by atoms with Crippen molar-refractivity contribution in [1.82, 2.24) is 9.97 Å². The second-order valence-electron chi connectivity index (χ2n) is 6.25. The summed E-state index contributed by atoms with van der Waals surface area (Å²) in [4.78, 5) is 24.1. The van der Waals surface area contributed by atoms with Crippen LogP contribution >= 0.6 is 34.5 Å². The highest BCUT2D eigenvalue weighted by Gasteiger charge is 2.24. The highest BCUT2D eigenvalue weighted by atomic mass is 35.5. The van der Waals surface area contributed by atoms with Crippen LogP contribution in [0.5, 0.6) is 0 Å². The number of hydrogen-bond donors (Lipinski definition) is 0. The lowest BCUT2D eigenvalue weighted by molar-refractivity contribution is 0.0985.